The number of hydrogen-bond donors (Lipinski definition) is 0. The molecule has 0 bridgehead atoms. The van der Waals surface area contributed by atoms with Crippen molar-refractivity contribution in [2.45, 2.75) is 37.7 Å². The SMILES string of the molecule is CCC(=C[SiH2]Cn1ccnc1[B]C(c1ccccc1)c1ccccc1)CC(c1ccccc1)c1ccccc1. The molecule has 0 fully saturated rings. The maximum Gasteiger partial charge on any atom is 0.215 e. The first-order chi connectivity index (χ1) is 19.3. The molecule has 0 saturated heterocycles. The van der Waals surface area contributed by atoms with Crippen molar-refractivity contribution < 1.29 is 0 Å². The molecule has 1 heterocycles. The third-order valence-electron chi connectivity index (χ3n) is 7.51. The summed E-state index contributed by atoms with van der Waals surface area (Å²) in [6.45, 7) is 2.30. The summed E-state index contributed by atoms with van der Waals surface area (Å²) in [6, 6.07) is 43.4. The largest absolute Gasteiger partial charge is 0.347 e. The Morgan fingerprint density at radius 1 is 0.744 bits per heavy atom. The molecule has 1 aromatic heterocycles. The molecule has 0 saturated carbocycles. The van der Waals surface area contributed by atoms with E-state index in [-0.39, 0.29) is 5.82 Å². The zero-order chi connectivity index (χ0) is 26.7. The molecule has 0 spiro atoms. The molecule has 4 heteroatoms. The van der Waals surface area contributed by atoms with Crippen LogP contribution in [0.4, 0.5) is 0 Å². The zero-order valence-electron chi connectivity index (χ0n) is 22.7. The monoisotopic (exact) mass is 523 g/mol. The van der Waals surface area contributed by atoms with Gasteiger partial charge < -0.3 is 4.57 Å². The molecule has 0 aliphatic rings. The van der Waals surface area contributed by atoms with E-state index in [1.54, 1.807) is 5.57 Å². The van der Waals surface area contributed by atoms with Gasteiger partial charge in [0.05, 0.1) is 15.2 Å². The molecule has 0 aliphatic carbocycles. The van der Waals surface area contributed by atoms with Crippen LogP contribution in [0.1, 0.15) is 53.8 Å². The lowest BCUT2D eigenvalue weighted by atomic mass is 9.58. The van der Waals surface area contributed by atoms with Crippen LogP contribution in [0.25, 0.3) is 0 Å². The van der Waals surface area contributed by atoms with E-state index >= 15 is 0 Å². The first kappa shape index (κ1) is 26.7. The third-order valence-corrected chi connectivity index (χ3v) is 9.11. The van der Waals surface area contributed by atoms with Gasteiger partial charge in [-0.2, -0.15) is 0 Å². The van der Waals surface area contributed by atoms with Gasteiger partial charge in [-0.25, -0.2) is 0 Å². The first-order valence-electron chi connectivity index (χ1n) is 14.1. The topological polar surface area (TPSA) is 17.8 Å². The molecule has 0 unspecified atom stereocenters. The highest BCUT2D eigenvalue weighted by Gasteiger charge is 2.19. The predicted molar refractivity (Wildman–Crippen MR) is 169 cm³/mol. The third kappa shape index (κ3) is 7.16. The van der Waals surface area contributed by atoms with Crippen LogP contribution in [-0.2, 0) is 6.17 Å². The highest BCUT2D eigenvalue weighted by atomic mass is 28.2. The minimum Gasteiger partial charge on any atom is -0.347 e. The van der Waals surface area contributed by atoms with E-state index in [1.165, 1.54) is 22.3 Å². The summed E-state index contributed by atoms with van der Waals surface area (Å²) >= 11 is 0. The van der Waals surface area contributed by atoms with Gasteiger partial charge >= 0.3 is 0 Å². The molecule has 1 radical (unpaired) electrons. The summed E-state index contributed by atoms with van der Waals surface area (Å²) in [6.07, 6.45) is 7.30. The van der Waals surface area contributed by atoms with Gasteiger partial charge in [0, 0.05) is 24.5 Å². The molecule has 5 aromatic rings. The number of nitrogens with zero attached hydrogens (tertiary/aromatic N) is 2. The van der Waals surface area contributed by atoms with Crippen molar-refractivity contribution in [3.05, 3.63) is 167 Å². The quantitative estimate of drug-likeness (QED) is 0.168. The maximum atomic E-state index is 4.76. The van der Waals surface area contributed by atoms with Gasteiger partial charge in [-0.1, -0.05) is 134 Å². The molecule has 0 N–H and O–H groups in total. The number of hydrogen-bond acceptors (Lipinski definition) is 1. The number of rotatable bonds is 12. The van der Waals surface area contributed by atoms with E-state index in [0.29, 0.717) is 5.92 Å². The van der Waals surface area contributed by atoms with Crippen molar-refractivity contribution in [3.8, 4) is 0 Å². The predicted octanol–water partition coefficient (Wildman–Crippen LogP) is 6.64. The van der Waals surface area contributed by atoms with Crippen molar-refractivity contribution in [2.24, 2.45) is 0 Å². The number of allylic oxidation sites excluding steroid dienone is 1. The van der Waals surface area contributed by atoms with Crippen molar-refractivity contribution in [1.29, 1.82) is 0 Å². The van der Waals surface area contributed by atoms with Gasteiger partial charge in [-0.3, -0.25) is 4.98 Å². The zero-order valence-corrected chi connectivity index (χ0v) is 24.1. The fourth-order valence-corrected chi connectivity index (χ4v) is 7.01. The summed E-state index contributed by atoms with van der Waals surface area (Å²) in [5.41, 5.74) is 10.6. The highest BCUT2D eigenvalue weighted by Crippen LogP contribution is 2.31. The summed E-state index contributed by atoms with van der Waals surface area (Å²) in [5.74, 6) is 0.566. The highest BCUT2D eigenvalue weighted by molar-refractivity contribution is 6.54. The summed E-state index contributed by atoms with van der Waals surface area (Å²) in [5, 5.41) is 0. The van der Waals surface area contributed by atoms with Crippen LogP contribution < -0.4 is 5.72 Å². The molecule has 193 valence electrons. The van der Waals surface area contributed by atoms with Crippen LogP contribution in [0.3, 0.4) is 0 Å². The van der Waals surface area contributed by atoms with Crippen molar-refractivity contribution >= 4 is 22.5 Å². The van der Waals surface area contributed by atoms with E-state index in [4.69, 9.17) is 4.98 Å². The van der Waals surface area contributed by atoms with Crippen LogP contribution >= 0.6 is 0 Å². The van der Waals surface area contributed by atoms with Gasteiger partial charge in [-0.05, 0) is 40.9 Å². The van der Waals surface area contributed by atoms with Crippen LogP contribution in [0.15, 0.2) is 145 Å². The molecule has 4 aromatic carbocycles. The minimum atomic E-state index is -0.459. The molecular weight excluding hydrogens is 487 g/mol. The Hall–Kier alpha value is -3.89. The van der Waals surface area contributed by atoms with Gasteiger partial charge in [0.1, 0.15) is 0 Å². The second-order valence-electron chi connectivity index (χ2n) is 10.0. The summed E-state index contributed by atoms with van der Waals surface area (Å²) in [4.78, 5) is 4.76. The van der Waals surface area contributed by atoms with Crippen molar-refractivity contribution in [3.63, 3.8) is 0 Å². The van der Waals surface area contributed by atoms with E-state index in [2.05, 4.69) is 152 Å². The minimum absolute atomic E-state index is 0.175. The van der Waals surface area contributed by atoms with E-state index in [1.807, 2.05) is 6.20 Å². The Kier molecular flexibility index (Phi) is 9.43. The van der Waals surface area contributed by atoms with Crippen LogP contribution in [0.5, 0.6) is 0 Å². The molecule has 0 amide bonds. The normalized spacial score (nSPS) is 12.0. The van der Waals surface area contributed by atoms with Gasteiger partial charge in [-0.15, -0.1) is 5.70 Å². The maximum absolute atomic E-state index is 4.76. The van der Waals surface area contributed by atoms with Gasteiger partial charge in [0.15, 0.2) is 0 Å². The van der Waals surface area contributed by atoms with Crippen molar-refractivity contribution in [1.82, 2.24) is 9.55 Å². The Morgan fingerprint density at radius 3 is 1.72 bits per heavy atom. The second kappa shape index (κ2) is 13.8. The van der Waals surface area contributed by atoms with E-state index in [9.17, 15) is 0 Å². The second-order valence-corrected chi connectivity index (χ2v) is 11.5. The fourth-order valence-electron chi connectivity index (χ4n) is 5.36. The average molecular weight is 524 g/mol. The van der Waals surface area contributed by atoms with E-state index in [0.717, 1.165) is 24.7 Å². The van der Waals surface area contributed by atoms with Crippen LogP contribution in [0.2, 0.25) is 0 Å². The Balaban J connectivity index is 1.30. The lowest BCUT2D eigenvalue weighted by Crippen LogP contribution is -2.32. The van der Waals surface area contributed by atoms with Crippen molar-refractivity contribution in [2.75, 3.05) is 0 Å². The number of aromatic nitrogens is 2. The Labute approximate surface area is 236 Å². The first-order valence-corrected chi connectivity index (χ1v) is 15.9. The Bertz CT molecular complexity index is 1350. The fraction of sp³-hybridized carbons (Fsp3) is 0.171. The smallest absolute Gasteiger partial charge is 0.215 e. The molecule has 39 heavy (non-hydrogen) atoms. The molecule has 5 rings (SSSR count). The Morgan fingerprint density at radius 2 is 1.23 bits per heavy atom. The number of imidazole rings is 1. The van der Waals surface area contributed by atoms with Crippen LogP contribution in [-0.4, -0.2) is 26.4 Å². The summed E-state index contributed by atoms with van der Waals surface area (Å²) in [7, 11) is 1.87. The van der Waals surface area contributed by atoms with Gasteiger partial charge in [0.2, 0.25) is 7.28 Å². The molecule has 0 atom stereocenters. The molecule has 0 aliphatic heterocycles. The average Bonchev–Trinajstić information content (AvgIpc) is 3.46. The van der Waals surface area contributed by atoms with E-state index < -0.39 is 9.52 Å². The summed E-state index contributed by atoms with van der Waals surface area (Å²) < 4.78 is 2.35. The number of benzene rings is 4. The molecular formula is C35H36BN2Si. The van der Waals surface area contributed by atoms with Gasteiger partial charge in [0.25, 0.3) is 0 Å². The molecule has 2 nitrogen and oxygen atoms in total. The lowest BCUT2D eigenvalue weighted by Gasteiger charge is -2.20. The standard InChI is InChI=1S/C35H36BN2Si/c1-2-28(25-33(29-15-7-3-8-16-29)30-17-9-4-10-18-30)26-39-27-38-24-23-37-35(38)36-34(31-19-11-5-12-20-31)32-21-13-6-14-22-32/h3-24,26,33-34H,2,25,27,39H2,1H3. The van der Waals surface area contributed by atoms with Crippen LogP contribution in [0, 0.1) is 0 Å². The lowest BCUT2D eigenvalue weighted by molar-refractivity contribution is 0.771.